The molecule has 1 fully saturated rings. The molecule has 0 aliphatic heterocycles. The molecule has 36 heavy (non-hydrogen) atoms. The van der Waals surface area contributed by atoms with Gasteiger partial charge in [0.05, 0.1) is 34.5 Å². The number of rotatable bonds is 5. The normalized spacial score (nSPS) is 13.3. The van der Waals surface area contributed by atoms with Crippen molar-refractivity contribution in [1.29, 1.82) is 0 Å². The molecule has 0 atom stereocenters. The Hall–Kier alpha value is -4.92. The lowest BCUT2D eigenvalue weighted by Crippen LogP contribution is -2.13. The van der Waals surface area contributed by atoms with Crippen LogP contribution in [0.5, 0.6) is 0 Å². The highest BCUT2D eigenvalue weighted by Gasteiger charge is 2.29. The van der Waals surface area contributed by atoms with Gasteiger partial charge < -0.3 is 10.3 Å². The number of nitrogens with one attached hydrogen (secondary N) is 3. The fraction of sp³-hybridized carbons (Fsp3) is 0.111. The van der Waals surface area contributed by atoms with Gasteiger partial charge in [0.25, 0.3) is 0 Å². The van der Waals surface area contributed by atoms with Gasteiger partial charge in [0.2, 0.25) is 5.91 Å². The van der Waals surface area contributed by atoms with E-state index < -0.39 is 0 Å². The molecule has 0 unspecified atom stereocenters. The highest BCUT2D eigenvalue weighted by molar-refractivity contribution is 5.98. The number of hydrogen-bond acceptors (Lipinski definition) is 6. The lowest BCUT2D eigenvalue weighted by Gasteiger charge is -2.06. The predicted molar refractivity (Wildman–Crippen MR) is 137 cm³/mol. The first-order chi connectivity index (χ1) is 17.7. The van der Waals surface area contributed by atoms with E-state index in [9.17, 15) is 4.79 Å². The van der Waals surface area contributed by atoms with Crippen LogP contribution in [-0.2, 0) is 4.79 Å². The average Bonchev–Trinajstić information content (AvgIpc) is 3.55. The molecule has 6 aromatic heterocycles. The molecule has 6 aromatic rings. The molecule has 1 amide bonds. The Bertz CT molecular complexity index is 1750. The molecule has 1 saturated carbocycles. The van der Waals surface area contributed by atoms with Gasteiger partial charge in [0, 0.05) is 41.0 Å². The molecule has 0 aromatic carbocycles. The number of carbonyl (C=O) groups is 1. The Kier molecular flexibility index (Phi) is 4.60. The van der Waals surface area contributed by atoms with Gasteiger partial charge in [-0.3, -0.25) is 19.9 Å². The molecule has 174 valence electrons. The van der Waals surface area contributed by atoms with E-state index in [1.165, 1.54) is 0 Å². The molecule has 7 rings (SSSR count). The summed E-state index contributed by atoms with van der Waals surface area (Å²) >= 11 is 0. The number of fused-ring (bicyclic) bond motifs is 2. The second-order valence-electron chi connectivity index (χ2n) is 8.91. The maximum absolute atomic E-state index is 12.2. The van der Waals surface area contributed by atoms with E-state index in [0.717, 1.165) is 63.1 Å². The van der Waals surface area contributed by atoms with Gasteiger partial charge in [-0.25, -0.2) is 9.97 Å². The van der Waals surface area contributed by atoms with E-state index in [4.69, 9.17) is 4.98 Å². The van der Waals surface area contributed by atoms with Gasteiger partial charge in [0.1, 0.15) is 16.9 Å². The lowest BCUT2D eigenvalue weighted by atomic mass is 10.1. The maximum atomic E-state index is 12.2. The van der Waals surface area contributed by atoms with Crippen molar-refractivity contribution in [2.45, 2.75) is 12.8 Å². The molecule has 0 spiro atoms. The van der Waals surface area contributed by atoms with Gasteiger partial charge in [-0.15, -0.1) is 0 Å². The van der Waals surface area contributed by atoms with E-state index in [0.29, 0.717) is 11.4 Å². The maximum Gasteiger partial charge on any atom is 0.227 e. The van der Waals surface area contributed by atoms with Crippen molar-refractivity contribution in [3.63, 3.8) is 0 Å². The van der Waals surface area contributed by atoms with Crippen molar-refractivity contribution < 1.29 is 4.79 Å². The van der Waals surface area contributed by atoms with Crippen LogP contribution in [0.4, 0.5) is 5.69 Å². The summed E-state index contributed by atoms with van der Waals surface area (Å²) in [5.41, 5.74) is 7.89. The van der Waals surface area contributed by atoms with Crippen molar-refractivity contribution in [1.82, 2.24) is 35.1 Å². The first-order valence-electron chi connectivity index (χ1n) is 11.7. The third-order valence-corrected chi connectivity index (χ3v) is 6.39. The Morgan fingerprint density at radius 3 is 2.78 bits per heavy atom. The average molecular weight is 473 g/mol. The van der Waals surface area contributed by atoms with Crippen LogP contribution in [-0.4, -0.2) is 41.0 Å². The topological polar surface area (TPSA) is 125 Å². The number of anilines is 1. The van der Waals surface area contributed by atoms with Crippen molar-refractivity contribution >= 4 is 33.7 Å². The number of aromatic amines is 2. The van der Waals surface area contributed by atoms with Crippen molar-refractivity contribution in [3.8, 4) is 33.9 Å². The van der Waals surface area contributed by atoms with Gasteiger partial charge in [0.15, 0.2) is 0 Å². The number of nitrogens with zero attached hydrogens (tertiary/aromatic N) is 5. The van der Waals surface area contributed by atoms with E-state index >= 15 is 0 Å². The number of hydrogen-bond donors (Lipinski definition) is 3. The summed E-state index contributed by atoms with van der Waals surface area (Å²) in [6.07, 6.45) is 8.85. The van der Waals surface area contributed by atoms with E-state index in [2.05, 4.69) is 35.5 Å². The second kappa shape index (κ2) is 8.09. The number of aromatic nitrogens is 7. The number of amides is 1. The third-order valence-electron chi connectivity index (χ3n) is 6.39. The minimum atomic E-state index is 0.0481. The van der Waals surface area contributed by atoms with Crippen LogP contribution in [0.1, 0.15) is 12.8 Å². The van der Waals surface area contributed by atoms with Crippen LogP contribution in [0.2, 0.25) is 0 Å². The highest BCUT2D eigenvalue weighted by atomic mass is 16.2. The molecule has 1 aliphatic carbocycles. The number of pyridine rings is 4. The highest BCUT2D eigenvalue weighted by Crippen LogP contribution is 2.33. The quantitative estimate of drug-likeness (QED) is 0.325. The summed E-state index contributed by atoms with van der Waals surface area (Å²) in [6.45, 7) is 0. The molecule has 0 bridgehead atoms. The van der Waals surface area contributed by atoms with Crippen LogP contribution in [0.3, 0.4) is 0 Å². The fourth-order valence-corrected chi connectivity index (χ4v) is 4.39. The monoisotopic (exact) mass is 472 g/mol. The van der Waals surface area contributed by atoms with Gasteiger partial charge in [-0.2, -0.15) is 5.10 Å². The van der Waals surface area contributed by atoms with Crippen LogP contribution in [0.15, 0.2) is 73.3 Å². The standard InChI is InChI=1S/C27H20N8O/c36-27(15-4-5-15)31-17-11-16(13-28-14-17)20-6-7-22-24(32-20)25(35-34-22)23-12-19-18(8-10-30-26(19)33-23)21-3-1-2-9-29-21/h1-3,6-15H,4-5H2,(H,30,33)(H,31,36)(H,34,35). The van der Waals surface area contributed by atoms with Crippen LogP contribution in [0.25, 0.3) is 56.0 Å². The predicted octanol–water partition coefficient (Wildman–Crippen LogP) is 4.97. The molecular weight excluding hydrogens is 452 g/mol. The molecule has 1 aliphatic rings. The Morgan fingerprint density at radius 2 is 1.92 bits per heavy atom. The Morgan fingerprint density at radius 1 is 0.972 bits per heavy atom. The van der Waals surface area contributed by atoms with Crippen LogP contribution < -0.4 is 5.32 Å². The number of H-pyrrole nitrogens is 2. The molecule has 6 heterocycles. The SMILES string of the molecule is O=C(Nc1cncc(-c2ccc3[nH]nc(-c4cc5c(-c6ccccn6)ccnc5[nH]4)c3n2)c1)C1CC1. The second-order valence-corrected chi connectivity index (χ2v) is 8.91. The van der Waals surface area contributed by atoms with Gasteiger partial charge in [-0.05, 0) is 55.3 Å². The summed E-state index contributed by atoms with van der Waals surface area (Å²) < 4.78 is 0. The van der Waals surface area contributed by atoms with Crippen LogP contribution >= 0.6 is 0 Å². The molecule has 3 N–H and O–H groups in total. The fourth-order valence-electron chi connectivity index (χ4n) is 4.39. The molecule has 0 radical (unpaired) electrons. The van der Waals surface area contributed by atoms with Crippen molar-refractivity contribution in [2.24, 2.45) is 5.92 Å². The van der Waals surface area contributed by atoms with Gasteiger partial charge >= 0.3 is 0 Å². The molecule has 0 saturated heterocycles. The van der Waals surface area contributed by atoms with E-state index in [1.807, 2.05) is 48.5 Å². The minimum absolute atomic E-state index is 0.0481. The summed E-state index contributed by atoms with van der Waals surface area (Å²) in [5, 5.41) is 11.5. The third kappa shape index (κ3) is 3.58. The smallest absolute Gasteiger partial charge is 0.227 e. The first-order valence-corrected chi connectivity index (χ1v) is 11.7. The summed E-state index contributed by atoms with van der Waals surface area (Å²) in [5.74, 6) is 0.174. The summed E-state index contributed by atoms with van der Waals surface area (Å²) in [6, 6.07) is 15.6. The summed E-state index contributed by atoms with van der Waals surface area (Å²) in [4.78, 5) is 33.8. The molecule has 9 nitrogen and oxygen atoms in total. The lowest BCUT2D eigenvalue weighted by molar-refractivity contribution is -0.117. The van der Waals surface area contributed by atoms with E-state index in [1.54, 1.807) is 24.8 Å². The van der Waals surface area contributed by atoms with Crippen LogP contribution in [0, 0.1) is 5.92 Å². The van der Waals surface area contributed by atoms with Gasteiger partial charge in [-0.1, -0.05) is 6.07 Å². The van der Waals surface area contributed by atoms with Crippen molar-refractivity contribution in [2.75, 3.05) is 5.32 Å². The largest absolute Gasteiger partial charge is 0.338 e. The Labute approximate surface area is 205 Å². The molecular formula is C27H20N8O. The number of carbonyl (C=O) groups excluding carboxylic acids is 1. The zero-order valence-corrected chi connectivity index (χ0v) is 19.1. The zero-order valence-electron chi connectivity index (χ0n) is 19.1. The zero-order chi connectivity index (χ0) is 24.1. The van der Waals surface area contributed by atoms with E-state index in [-0.39, 0.29) is 11.8 Å². The summed E-state index contributed by atoms with van der Waals surface area (Å²) in [7, 11) is 0. The van der Waals surface area contributed by atoms with Crippen molar-refractivity contribution in [3.05, 3.63) is 73.3 Å². The molecule has 9 heteroatoms. The first kappa shape index (κ1) is 20.5. The minimum Gasteiger partial charge on any atom is -0.338 e. The Balaban J connectivity index is 1.28.